The standard InChI is InChI=1S/C16H14F3N3S/c1-11-3-5-13(6-4-11)15(16(17,18)19)22(2)23-14-7-12(8-20)9-21-10-14/h3-7,9-10,15H,1-2H3/t15-/m1/s1. The molecule has 2 rings (SSSR count). The number of nitriles is 1. The van der Waals surface area contributed by atoms with Crippen LogP contribution >= 0.6 is 11.9 Å². The molecule has 0 N–H and O–H groups in total. The van der Waals surface area contributed by atoms with E-state index in [0.717, 1.165) is 21.8 Å². The molecule has 1 atom stereocenters. The van der Waals surface area contributed by atoms with Gasteiger partial charge in [0.05, 0.1) is 5.56 Å². The summed E-state index contributed by atoms with van der Waals surface area (Å²) in [6, 6.07) is 7.96. The van der Waals surface area contributed by atoms with Crippen LogP contribution < -0.4 is 0 Å². The number of aryl methyl sites for hydroxylation is 1. The minimum absolute atomic E-state index is 0.169. The predicted molar refractivity (Wildman–Crippen MR) is 82.5 cm³/mol. The molecule has 23 heavy (non-hydrogen) atoms. The maximum Gasteiger partial charge on any atom is 0.408 e. The SMILES string of the molecule is Cc1ccc([C@@H](N(C)Sc2cncc(C#N)c2)C(F)(F)F)cc1. The fourth-order valence-corrected chi connectivity index (χ4v) is 3.07. The van der Waals surface area contributed by atoms with E-state index in [1.807, 2.05) is 13.0 Å². The van der Waals surface area contributed by atoms with E-state index < -0.39 is 12.2 Å². The Morgan fingerprint density at radius 2 is 1.87 bits per heavy atom. The van der Waals surface area contributed by atoms with Crippen molar-refractivity contribution in [1.82, 2.24) is 9.29 Å². The van der Waals surface area contributed by atoms with Crippen LogP contribution in [0.5, 0.6) is 0 Å². The molecule has 7 heteroatoms. The Morgan fingerprint density at radius 3 is 2.43 bits per heavy atom. The first-order valence-corrected chi connectivity index (χ1v) is 7.48. The number of aromatic nitrogens is 1. The van der Waals surface area contributed by atoms with Crippen LogP contribution in [0, 0.1) is 18.3 Å². The fraction of sp³-hybridized carbons (Fsp3) is 0.250. The molecule has 1 heterocycles. The van der Waals surface area contributed by atoms with Crippen LogP contribution in [-0.4, -0.2) is 22.5 Å². The van der Waals surface area contributed by atoms with Crippen molar-refractivity contribution in [3.63, 3.8) is 0 Å². The Hall–Kier alpha value is -2.04. The molecule has 1 aromatic heterocycles. The average Bonchev–Trinajstić information content (AvgIpc) is 2.48. The lowest BCUT2D eigenvalue weighted by Crippen LogP contribution is -2.31. The quantitative estimate of drug-likeness (QED) is 0.770. The van der Waals surface area contributed by atoms with Crippen molar-refractivity contribution in [2.45, 2.75) is 24.0 Å². The molecule has 0 unspecified atom stereocenters. The third kappa shape index (κ3) is 4.47. The number of rotatable bonds is 4. The molecule has 0 spiro atoms. The van der Waals surface area contributed by atoms with Crippen LogP contribution in [0.1, 0.15) is 22.7 Å². The number of alkyl halides is 3. The van der Waals surface area contributed by atoms with Crippen LogP contribution in [0.2, 0.25) is 0 Å². The number of nitrogens with zero attached hydrogens (tertiary/aromatic N) is 3. The molecule has 120 valence electrons. The van der Waals surface area contributed by atoms with Gasteiger partial charge in [-0.2, -0.15) is 18.4 Å². The lowest BCUT2D eigenvalue weighted by atomic mass is 10.1. The van der Waals surface area contributed by atoms with E-state index in [1.165, 1.54) is 37.6 Å². The fourth-order valence-electron chi connectivity index (χ4n) is 2.10. The third-order valence-electron chi connectivity index (χ3n) is 3.16. The van der Waals surface area contributed by atoms with Gasteiger partial charge in [-0.3, -0.25) is 4.98 Å². The molecule has 0 amide bonds. The maximum atomic E-state index is 13.5. The summed E-state index contributed by atoms with van der Waals surface area (Å²) in [4.78, 5) is 4.34. The Kier molecular flexibility index (Phi) is 5.29. The predicted octanol–water partition coefficient (Wildman–Crippen LogP) is 4.50. The first kappa shape index (κ1) is 17.3. The summed E-state index contributed by atoms with van der Waals surface area (Å²) >= 11 is 0.907. The monoisotopic (exact) mass is 337 g/mol. The van der Waals surface area contributed by atoms with E-state index in [2.05, 4.69) is 4.98 Å². The van der Waals surface area contributed by atoms with Crippen molar-refractivity contribution in [3.05, 3.63) is 59.4 Å². The van der Waals surface area contributed by atoms with Crippen molar-refractivity contribution in [2.24, 2.45) is 0 Å². The molecule has 0 fully saturated rings. The Morgan fingerprint density at radius 1 is 1.22 bits per heavy atom. The van der Waals surface area contributed by atoms with Crippen LogP contribution in [0.15, 0.2) is 47.6 Å². The van der Waals surface area contributed by atoms with Crippen molar-refractivity contribution in [1.29, 1.82) is 5.26 Å². The van der Waals surface area contributed by atoms with Crippen LogP contribution in [0.4, 0.5) is 13.2 Å². The second-order valence-corrected chi connectivity index (χ2v) is 6.24. The number of pyridine rings is 1. The molecule has 0 saturated carbocycles. The summed E-state index contributed by atoms with van der Waals surface area (Å²) in [6.07, 6.45) is -1.62. The summed E-state index contributed by atoms with van der Waals surface area (Å²) in [5.41, 5.74) is 1.38. The van der Waals surface area contributed by atoms with Crippen molar-refractivity contribution < 1.29 is 13.2 Å². The van der Waals surface area contributed by atoms with Crippen LogP contribution in [0.3, 0.4) is 0 Å². The Bertz CT molecular complexity index is 708. The molecule has 3 nitrogen and oxygen atoms in total. The van der Waals surface area contributed by atoms with Gasteiger partial charge in [0.25, 0.3) is 0 Å². The van der Waals surface area contributed by atoms with Gasteiger partial charge in [-0.1, -0.05) is 29.8 Å². The van der Waals surface area contributed by atoms with Gasteiger partial charge in [0.15, 0.2) is 0 Å². The molecule has 1 aromatic carbocycles. The van der Waals surface area contributed by atoms with Gasteiger partial charge in [0.1, 0.15) is 12.1 Å². The highest BCUT2D eigenvalue weighted by Crippen LogP contribution is 2.41. The largest absolute Gasteiger partial charge is 0.408 e. The van der Waals surface area contributed by atoms with Gasteiger partial charge < -0.3 is 0 Å². The highest BCUT2D eigenvalue weighted by atomic mass is 32.2. The van der Waals surface area contributed by atoms with Crippen molar-refractivity contribution in [2.75, 3.05) is 7.05 Å². The second-order valence-electron chi connectivity index (χ2n) is 5.01. The third-order valence-corrected chi connectivity index (χ3v) is 4.09. The lowest BCUT2D eigenvalue weighted by molar-refractivity contribution is -0.169. The zero-order chi connectivity index (χ0) is 17.0. The molecule has 0 aliphatic carbocycles. The highest BCUT2D eigenvalue weighted by Gasteiger charge is 2.44. The summed E-state index contributed by atoms with van der Waals surface area (Å²) < 4.78 is 41.6. The zero-order valence-corrected chi connectivity index (χ0v) is 13.3. The topological polar surface area (TPSA) is 39.9 Å². The normalized spacial score (nSPS) is 12.9. The van der Waals surface area contributed by atoms with Crippen molar-refractivity contribution >= 4 is 11.9 Å². The van der Waals surface area contributed by atoms with E-state index in [9.17, 15) is 13.2 Å². The average molecular weight is 337 g/mol. The van der Waals surface area contributed by atoms with Crippen LogP contribution in [-0.2, 0) is 0 Å². The number of benzene rings is 1. The number of halogens is 3. The number of hydrogen-bond donors (Lipinski definition) is 0. The molecular weight excluding hydrogens is 323 g/mol. The Balaban J connectivity index is 2.28. The molecule has 0 saturated heterocycles. The minimum atomic E-state index is -4.42. The van der Waals surface area contributed by atoms with Gasteiger partial charge in [0, 0.05) is 17.3 Å². The summed E-state index contributed by atoms with van der Waals surface area (Å²) in [5, 5.41) is 8.85. The lowest BCUT2D eigenvalue weighted by Gasteiger charge is -2.29. The van der Waals surface area contributed by atoms with Gasteiger partial charge >= 0.3 is 6.18 Å². The van der Waals surface area contributed by atoms with Crippen molar-refractivity contribution in [3.8, 4) is 6.07 Å². The van der Waals surface area contributed by atoms with Gasteiger partial charge in [0.2, 0.25) is 0 Å². The first-order valence-electron chi connectivity index (χ1n) is 6.70. The Labute approximate surface area is 136 Å². The summed E-state index contributed by atoms with van der Waals surface area (Å²) in [5.74, 6) is 0. The van der Waals surface area contributed by atoms with E-state index in [0.29, 0.717) is 10.5 Å². The smallest absolute Gasteiger partial charge is 0.262 e. The van der Waals surface area contributed by atoms with E-state index >= 15 is 0 Å². The molecule has 0 aliphatic rings. The summed E-state index contributed by atoms with van der Waals surface area (Å²) in [6.45, 7) is 1.82. The van der Waals surface area contributed by atoms with E-state index in [1.54, 1.807) is 12.1 Å². The maximum absolute atomic E-state index is 13.5. The first-order chi connectivity index (χ1) is 10.8. The minimum Gasteiger partial charge on any atom is -0.262 e. The second kappa shape index (κ2) is 7.02. The van der Waals surface area contributed by atoms with Gasteiger partial charge in [-0.05, 0) is 37.5 Å². The van der Waals surface area contributed by atoms with Gasteiger partial charge in [-0.15, -0.1) is 0 Å². The van der Waals surface area contributed by atoms with Crippen LogP contribution in [0.25, 0.3) is 0 Å². The molecular formula is C16H14F3N3S. The van der Waals surface area contributed by atoms with Gasteiger partial charge in [-0.25, -0.2) is 4.31 Å². The number of hydrogen-bond acceptors (Lipinski definition) is 4. The highest BCUT2D eigenvalue weighted by molar-refractivity contribution is 7.97. The molecule has 2 aromatic rings. The summed E-state index contributed by atoms with van der Waals surface area (Å²) in [7, 11) is 1.38. The molecule has 0 bridgehead atoms. The van der Waals surface area contributed by atoms with E-state index in [4.69, 9.17) is 5.26 Å². The molecule has 0 radical (unpaired) electrons. The molecule has 0 aliphatic heterocycles. The van der Waals surface area contributed by atoms with E-state index in [-0.39, 0.29) is 5.56 Å². The zero-order valence-electron chi connectivity index (χ0n) is 12.5.